The molecular weight excluding hydrogens is 380 g/mol. The Balaban J connectivity index is 1.55. The van der Waals surface area contributed by atoms with Crippen LogP contribution in [0.5, 0.6) is 0 Å². The molecule has 1 heterocycles. The molecule has 2 nitrogen and oxygen atoms in total. The van der Waals surface area contributed by atoms with Crippen LogP contribution in [0.1, 0.15) is 18.9 Å². The second kappa shape index (κ2) is 9.04. The summed E-state index contributed by atoms with van der Waals surface area (Å²) in [6, 6.07) is 17.5. The third-order valence-electron chi connectivity index (χ3n) is 4.51. The third-order valence-corrected chi connectivity index (χ3v) is 6.05. The molecule has 0 bridgehead atoms. The zero-order valence-corrected chi connectivity index (χ0v) is 16.7. The summed E-state index contributed by atoms with van der Waals surface area (Å²) in [6.07, 6.45) is 1.28. The van der Waals surface area contributed by atoms with Gasteiger partial charge in [0.2, 0.25) is 0 Å². The summed E-state index contributed by atoms with van der Waals surface area (Å²) >= 11 is 5.30. The van der Waals surface area contributed by atoms with Crippen LogP contribution in [0.2, 0.25) is 0 Å². The first-order chi connectivity index (χ1) is 11.7. The SMILES string of the molecule is CCN1CCCN(Cc2ccc(Sc3ccc(Br)cc3)cc2)CC1. The highest BCUT2D eigenvalue weighted by Crippen LogP contribution is 2.29. The zero-order valence-electron chi connectivity index (χ0n) is 14.2. The fourth-order valence-corrected chi connectivity index (χ4v) is 4.14. The van der Waals surface area contributed by atoms with Gasteiger partial charge in [-0.1, -0.05) is 46.7 Å². The van der Waals surface area contributed by atoms with Crippen LogP contribution < -0.4 is 0 Å². The third kappa shape index (κ3) is 5.35. The highest BCUT2D eigenvalue weighted by atomic mass is 79.9. The lowest BCUT2D eigenvalue weighted by Crippen LogP contribution is -2.30. The van der Waals surface area contributed by atoms with Gasteiger partial charge in [-0.25, -0.2) is 0 Å². The van der Waals surface area contributed by atoms with Crippen molar-refractivity contribution >= 4 is 27.7 Å². The van der Waals surface area contributed by atoms with Crippen molar-refractivity contribution in [3.63, 3.8) is 0 Å². The van der Waals surface area contributed by atoms with Gasteiger partial charge in [0.25, 0.3) is 0 Å². The molecule has 2 aromatic carbocycles. The molecule has 24 heavy (non-hydrogen) atoms. The molecule has 0 saturated carbocycles. The van der Waals surface area contributed by atoms with Crippen molar-refractivity contribution in [2.45, 2.75) is 29.7 Å². The van der Waals surface area contributed by atoms with Crippen LogP contribution in [0, 0.1) is 0 Å². The van der Waals surface area contributed by atoms with E-state index in [4.69, 9.17) is 0 Å². The Hall–Kier alpha value is -0.810. The number of halogens is 1. The Bertz CT molecular complexity index is 627. The average Bonchev–Trinajstić information content (AvgIpc) is 2.84. The van der Waals surface area contributed by atoms with Gasteiger partial charge in [0.05, 0.1) is 0 Å². The van der Waals surface area contributed by atoms with Gasteiger partial charge in [0.1, 0.15) is 0 Å². The molecule has 1 fully saturated rings. The molecule has 0 aliphatic carbocycles. The van der Waals surface area contributed by atoms with Gasteiger partial charge in [-0.15, -0.1) is 0 Å². The second-order valence-corrected chi connectivity index (χ2v) is 8.33. The average molecular weight is 405 g/mol. The lowest BCUT2D eigenvalue weighted by Gasteiger charge is -2.21. The molecule has 4 heteroatoms. The summed E-state index contributed by atoms with van der Waals surface area (Å²) in [4.78, 5) is 7.72. The minimum atomic E-state index is 1.07. The van der Waals surface area contributed by atoms with E-state index in [9.17, 15) is 0 Å². The minimum absolute atomic E-state index is 1.07. The van der Waals surface area contributed by atoms with Crippen LogP contribution in [-0.2, 0) is 6.54 Å². The summed E-state index contributed by atoms with van der Waals surface area (Å²) in [7, 11) is 0. The van der Waals surface area contributed by atoms with Gasteiger partial charge in [-0.05, 0) is 68.0 Å². The van der Waals surface area contributed by atoms with Crippen LogP contribution in [0.3, 0.4) is 0 Å². The van der Waals surface area contributed by atoms with E-state index in [-0.39, 0.29) is 0 Å². The maximum atomic E-state index is 3.48. The zero-order chi connectivity index (χ0) is 16.8. The van der Waals surface area contributed by atoms with Crippen LogP contribution in [0.4, 0.5) is 0 Å². The molecule has 2 aromatic rings. The Morgan fingerprint density at radius 1 is 0.833 bits per heavy atom. The number of likely N-dealkylation sites (N-methyl/N-ethyl adjacent to an activating group) is 1. The van der Waals surface area contributed by atoms with E-state index < -0.39 is 0 Å². The molecule has 0 unspecified atom stereocenters. The normalized spacial score (nSPS) is 16.9. The number of hydrogen-bond acceptors (Lipinski definition) is 3. The molecular formula is C20H25BrN2S. The van der Waals surface area contributed by atoms with Crippen molar-refractivity contribution in [1.29, 1.82) is 0 Å². The predicted molar refractivity (Wildman–Crippen MR) is 107 cm³/mol. The van der Waals surface area contributed by atoms with Gasteiger partial charge < -0.3 is 4.90 Å². The lowest BCUT2D eigenvalue weighted by molar-refractivity contribution is 0.257. The van der Waals surface area contributed by atoms with Crippen molar-refractivity contribution in [2.24, 2.45) is 0 Å². The molecule has 3 rings (SSSR count). The van der Waals surface area contributed by atoms with Gasteiger partial charge in [0, 0.05) is 33.9 Å². The first kappa shape index (κ1) is 18.0. The van der Waals surface area contributed by atoms with E-state index in [2.05, 4.69) is 81.2 Å². The standard InChI is InChI=1S/C20H25BrN2S/c1-2-22-12-3-13-23(15-14-22)16-17-4-8-19(9-5-17)24-20-10-6-18(21)7-11-20/h4-11H,2-3,12-16H2,1H3. The molecule has 0 radical (unpaired) electrons. The Morgan fingerprint density at radius 3 is 2.08 bits per heavy atom. The van der Waals surface area contributed by atoms with E-state index in [1.807, 2.05) is 11.8 Å². The molecule has 1 aliphatic rings. The van der Waals surface area contributed by atoms with E-state index >= 15 is 0 Å². The van der Waals surface area contributed by atoms with Crippen LogP contribution >= 0.6 is 27.7 Å². The molecule has 0 amide bonds. The lowest BCUT2D eigenvalue weighted by atomic mass is 10.2. The van der Waals surface area contributed by atoms with Crippen molar-refractivity contribution in [2.75, 3.05) is 32.7 Å². The topological polar surface area (TPSA) is 6.48 Å². The smallest absolute Gasteiger partial charge is 0.0234 e. The molecule has 1 saturated heterocycles. The highest BCUT2D eigenvalue weighted by molar-refractivity contribution is 9.10. The number of benzene rings is 2. The maximum absolute atomic E-state index is 3.48. The van der Waals surface area contributed by atoms with Crippen molar-refractivity contribution in [1.82, 2.24) is 9.80 Å². The van der Waals surface area contributed by atoms with E-state index in [0.29, 0.717) is 0 Å². The molecule has 128 valence electrons. The first-order valence-corrected chi connectivity index (χ1v) is 10.3. The monoisotopic (exact) mass is 404 g/mol. The Labute approximate surface area is 158 Å². The Kier molecular flexibility index (Phi) is 6.78. The molecule has 0 atom stereocenters. The minimum Gasteiger partial charge on any atom is -0.302 e. The Morgan fingerprint density at radius 2 is 1.42 bits per heavy atom. The fraction of sp³-hybridized carbons (Fsp3) is 0.400. The highest BCUT2D eigenvalue weighted by Gasteiger charge is 2.13. The number of hydrogen-bond donors (Lipinski definition) is 0. The molecule has 1 aliphatic heterocycles. The largest absolute Gasteiger partial charge is 0.302 e. The van der Waals surface area contributed by atoms with E-state index in [1.165, 1.54) is 54.5 Å². The first-order valence-electron chi connectivity index (χ1n) is 8.70. The second-order valence-electron chi connectivity index (χ2n) is 6.26. The van der Waals surface area contributed by atoms with Gasteiger partial charge in [-0.3, -0.25) is 4.90 Å². The van der Waals surface area contributed by atoms with E-state index in [0.717, 1.165) is 11.0 Å². The van der Waals surface area contributed by atoms with Gasteiger partial charge >= 0.3 is 0 Å². The molecule has 0 spiro atoms. The van der Waals surface area contributed by atoms with Crippen molar-refractivity contribution < 1.29 is 0 Å². The summed E-state index contributed by atoms with van der Waals surface area (Å²) in [5, 5.41) is 0. The number of rotatable bonds is 5. The molecule has 0 N–H and O–H groups in total. The summed E-state index contributed by atoms with van der Waals surface area (Å²) in [5.41, 5.74) is 1.42. The van der Waals surface area contributed by atoms with Crippen LogP contribution in [0.15, 0.2) is 62.8 Å². The molecule has 0 aromatic heterocycles. The summed E-state index contributed by atoms with van der Waals surface area (Å²) < 4.78 is 1.13. The van der Waals surface area contributed by atoms with Gasteiger partial charge in [0.15, 0.2) is 0 Å². The summed E-state index contributed by atoms with van der Waals surface area (Å²) in [6.45, 7) is 9.35. The summed E-state index contributed by atoms with van der Waals surface area (Å²) in [5.74, 6) is 0. The quantitative estimate of drug-likeness (QED) is 0.681. The van der Waals surface area contributed by atoms with Gasteiger partial charge in [-0.2, -0.15) is 0 Å². The maximum Gasteiger partial charge on any atom is 0.0234 e. The fourth-order valence-electron chi connectivity index (χ4n) is 3.06. The van der Waals surface area contributed by atoms with E-state index in [1.54, 1.807) is 0 Å². The van der Waals surface area contributed by atoms with Crippen molar-refractivity contribution in [3.8, 4) is 0 Å². The number of nitrogens with zero attached hydrogens (tertiary/aromatic N) is 2. The van der Waals surface area contributed by atoms with Crippen molar-refractivity contribution in [3.05, 3.63) is 58.6 Å². The predicted octanol–water partition coefficient (Wildman–Crippen LogP) is 5.13. The van der Waals surface area contributed by atoms with Crippen LogP contribution in [0.25, 0.3) is 0 Å². The van der Waals surface area contributed by atoms with Crippen LogP contribution in [-0.4, -0.2) is 42.5 Å².